The molecular formula is C14H21N3O2. The Labute approximate surface area is 113 Å². The Bertz CT molecular complexity index is 442. The molecule has 0 atom stereocenters. The summed E-state index contributed by atoms with van der Waals surface area (Å²) in [6.07, 6.45) is 2.52. The average molecular weight is 263 g/mol. The molecule has 0 aromatic heterocycles. The molecule has 1 heterocycles. The van der Waals surface area contributed by atoms with Gasteiger partial charge >= 0.3 is 0 Å². The Morgan fingerprint density at radius 1 is 1.42 bits per heavy atom. The summed E-state index contributed by atoms with van der Waals surface area (Å²) in [4.78, 5) is 14.4. The van der Waals surface area contributed by atoms with Crippen molar-refractivity contribution in [3.63, 3.8) is 0 Å². The zero-order chi connectivity index (χ0) is 13.7. The normalized spacial score (nSPS) is 15.4. The number of anilines is 1. The second-order valence-corrected chi connectivity index (χ2v) is 4.76. The van der Waals surface area contributed by atoms with Crippen molar-refractivity contribution in [2.24, 2.45) is 0 Å². The highest BCUT2D eigenvalue weighted by Crippen LogP contribution is 2.20. The van der Waals surface area contributed by atoms with Crippen molar-refractivity contribution in [2.45, 2.75) is 12.8 Å². The number of benzene rings is 1. The molecule has 1 aromatic rings. The number of carbonyl (C=O) groups is 1. The van der Waals surface area contributed by atoms with Crippen molar-refractivity contribution in [3.05, 3.63) is 23.8 Å². The molecular weight excluding hydrogens is 242 g/mol. The number of ether oxygens (including phenoxy) is 1. The molecule has 3 N–H and O–H groups in total. The Hall–Kier alpha value is -1.75. The number of hydrogen-bond acceptors (Lipinski definition) is 4. The van der Waals surface area contributed by atoms with Crippen molar-refractivity contribution < 1.29 is 9.53 Å². The standard InChI is InChI=1S/C14H21N3O2/c1-19-13-5-4-11(15)10-12(13)14(18)16-6-9-17-7-2-3-8-17/h4-5,10H,2-3,6-9,15H2,1H3,(H,16,18). The van der Waals surface area contributed by atoms with E-state index in [0.29, 0.717) is 23.5 Å². The van der Waals surface area contributed by atoms with E-state index in [1.165, 1.54) is 12.8 Å². The number of nitrogen functional groups attached to an aromatic ring is 1. The SMILES string of the molecule is COc1ccc(N)cc1C(=O)NCCN1CCCC1. The van der Waals surface area contributed by atoms with E-state index >= 15 is 0 Å². The maximum Gasteiger partial charge on any atom is 0.255 e. The van der Waals surface area contributed by atoms with Crippen LogP contribution in [0.2, 0.25) is 0 Å². The number of nitrogens with two attached hydrogens (primary N) is 1. The fraction of sp³-hybridized carbons (Fsp3) is 0.500. The maximum atomic E-state index is 12.1. The van der Waals surface area contributed by atoms with Gasteiger partial charge in [-0.2, -0.15) is 0 Å². The van der Waals surface area contributed by atoms with E-state index in [1.54, 1.807) is 25.3 Å². The van der Waals surface area contributed by atoms with Gasteiger partial charge in [-0.3, -0.25) is 4.79 Å². The Kier molecular flexibility index (Phi) is 4.63. The van der Waals surface area contributed by atoms with E-state index in [-0.39, 0.29) is 5.91 Å². The molecule has 0 saturated carbocycles. The van der Waals surface area contributed by atoms with Gasteiger partial charge in [0.2, 0.25) is 0 Å². The van der Waals surface area contributed by atoms with Gasteiger partial charge in [-0.15, -0.1) is 0 Å². The highest BCUT2D eigenvalue weighted by Gasteiger charge is 2.14. The second-order valence-electron chi connectivity index (χ2n) is 4.76. The van der Waals surface area contributed by atoms with Crippen LogP contribution in [-0.4, -0.2) is 44.1 Å². The summed E-state index contributed by atoms with van der Waals surface area (Å²) in [7, 11) is 1.55. The molecule has 0 aliphatic carbocycles. The average Bonchev–Trinajstić information content (AvgIpc) is 2.91. The summed E-state index contributed by atoms with van der Waals surface area (Å²) in [6.45, 7) is 3.82. The lowest BCUT2D eigenvalue weighted by Gasteiger charge is -2.15. The molecule has 0 radical (unpaired) electrons. The van der Waals surface area contributed by atoms with Crippen LogP contribution in [0.1, 0.15) is 23.2 Å². The second kappa shape index (κ2) is 6.43. The van der Waals surface area contributed by atoms with Crippen LogP contribution in [0.15, 0.2) is 18.2 Å². The fourth-order valence-corrected chi connectivity index (χ4v) is 2.33. The quantitative estimate of drug-likeness (QED) is 0.781. The Morgan fingerprint density at radius 3 is 2.84 bits per heavy atom. The van der Waals surface area contributed by atoms with Crippen LogP contribution < -0.4 is 15.8 Å². The van der Waals surface area contributed by atoms with E-state index in [9.17, 15) is 4.79 Å². The van der Waals surface area contributed by atoms with E-state index < -0.39 is 0 Å². The molecule has 1 fully saturated rings. The van der Waals surface area contributed by atoms with Crippen molar-refractivity contribution in [3.8, 4) is 5.75 Å². The van der Waals surface area contributed by atoms with Crippen molar-refractivity contribution in [1.82, 2.24) is 10.2 Å². The molecule has 1 saturated heterocycles. The summed E-state index contributed by atoms with van der Waals surface area (Å²) in [5.41, 5.74) is 6.75. The molecule has 0 unspecified atom stereocenters. The minimum absolute atomic E-state index is 0.136. The van der Waals surface area contributed by atoms with Crippen LogP contribution >= 0.6 is 0 Å². The highest BCUT2D eigenvalue weighted by molar-refractivity contribution is 5.97. The van der Waals surface area contributed by atoms with Gasteiger partial charge in [0, 0.05) is 18.8 Å². The zero-order valence-electron chi connectivity index (χ0n) is 11.3. The minimum Gasteiger partial charge on any atom is -0.496 e. The number of likely N-dealkylation sites (tertiary alicyclic amines) is 1. The smallest absolute Gasteiger partial charge is 0.255 e. The summed E-state index contributed by atoms with van der Waals surface area (Å²) in [5, 5.41) is 2.91. The zero-order valence-corrected chi connectivity index (χ0v) is 11.3. The molecule has 19 heavy (non-hydrogen) atoms. The van der Waals surface area contributed by atoms with Gasteiger partial charge < -0.3 is 20.7 Å². The lowest BCUT2D eigenvalue weighted by molar-refractivity contribution is 0.0947. The van der Waals surface area contributed by atoms with Crippen molar-refractivity contribution >= 4 is 11.6 Å². The summed E-state index contributed by atoms with van der Waals surface area (Å²) >= 11 is 0. The third-order valence-corrected chi connectivity index (χ3v) is 3.38. The molecule has 1 amide bonds. The monoisotopic (exact) mass is 263 g/mol. The third kappa shape index (κ3) is 3.61. The van der Waals surface area contributed by atoms with Gasteiger partial charge in [0.05, 0.1) is 12.7 Å². The van der Waals surface area contributed by atoms with Gasteiger partial charge in [0.25, 0.3) is 5.91 Å². The van der Waals surface area contributed by atoms with Gasteiger partial charge in [-0.1, -0.05) is 0 Å². The first-order chi connectivity index (χ1) is 9.20. The first-order valence-electron chi connectivity index (χ1n) is 6.65. The number of carbonyl (C=O) groups excluding carboxylic acids is 1. The van der Waals surface area contributed by atoms with Crippen LogP contribution in [0, 0.1) is 0 Å². The Balaban J connectivity index is 1.89. The molecule has 0 bridgehead atoms. The molecule has 104 valence electrons. The van der Waals surface area contributed by atoms with E-state index in [2.05, 4.69) is 10.2 Å². The molecule has 1 aliphatic heterocycles. The van der Waals surface area contributed by atoms with Crippen molar-refractivity contribution in [2.75, 3.05) is 39.0 Å². The third-order valence-electron chi connectivity index (χ3n) is 3.38. The van der Waals surface area contributed by atoms with Crippen LogP contribution in [0.4, 0.5) is 5.69 Å². The van der Waals surface area contributed by atoms with Crippen LogP contribution in [0.25, 0.3) is 0 Å². The summed E-state index contributed by atoms with van der Waals surface area (Å²) < 4.78 is 5.17. The van der Waals surface area contributed by atoms with Crippen LogP contribution in [0.5, 0.6) is 5.75 Å². The lowest BCUT2D eigenvalue weighted by atomic mass is 10.1. The van der Waals surface area contributed by atoms with Gasteiger partial charge in [0.1, 0.15) is 5.75 Å². The fourth-order valence-electron chi connectivity index (χ4n) is 2.33. The summed E-state index contributed by atoms with van der Waals surface area (Å²) in [5.74, 6) is 0.413. The number of nitrogens with one attached hydrogen (secondary N) is 1. The van der Waals surface area contributed by atoms with E-state index in [0.717, 1.165) is 19.6 Å². The molecule has 0 spiro atoms. The first kappa shape index (κ1) is 13.7. The van der Waals surface area contributed by atoms with E-state index in [4.69, 9.17) is 10.5 Å². The maximum absolute atomic E-state index is 12.1. The summed E-state index contributed by atoms with van der Waals surface area (Å²) in [6, 6.07) is 5.08. The molecule has 1 aromatic carbocycles. The van der Waals surface area contributed by atoms with Gasteiger partial charge in [-0.25, -0.2) is 0 Å². The van der Waals surface area contributed by atoms with Crippen molar-refractivity contribution in [1.29, 1.82) is 0 Å². The predicted octanol–water partition coefficient (Wildman–Crippen LogP) is 1.10. The lowest BCUT2D eigenvalue weighted by Crippen LogP contribution is -2.33. The highest BCUT2D eigenvalue weighted by atomic mass is 16.5. The molecule has 1 aliphatic rings. The largest absolute Gasteiger partial charge is 0.496 e. The molecule has 2 rings (SSSR count). The molecule has 5 heteroatoms. The number of methoxy groups -OCH3 is 1. The van der Waals surface area contributed by atoms with E-state index in [1.807, 2.05) is 0 Å². The minimum atomic E-state index is -0.136. The first-order valence-corrected chi connectivity index (χ1v) is 6.65. The number of amides is 1. The number of nitrogens with zero attached hydrogens (tertiary/aromatic N) is 1. The predicted molar refractivity (Wildman–Crippen MR) is 75.4 cm³/mol. The topological polar surface area (TPSA) is 67.6 Å². The van der Waals surface area contributed by atoms with Gasteiger partial charge in [-0.05, 0) is 44.1 Å². The van der Waals surface area contributed by atoms with Gasteiger partial charge in [0.15, 0.2) is 0 Å². The van der Waals surface area contributed by atoms with Crippen LogP contribution in [-0.2, 0) is 0 Å². The van der Waals surface area contributed by atoms with Crippen LogP contribution in [0.3, 0.4) is 0 Å². The number of rotatable bonds is 5. The Morgan fingerprint density at radius 2 is 2.16 bits per heavy atom. The molecule has 5 nitrogen and oxygen atoms in total. The number of hydrogen-bond donors (Lipinski definition) is 2.